The first-order valence-electron chi connectivity index (χ1n) is 3.47. The molecular weight excluding hydrogens is 163 g/mol. The molecule has 0 aliphatic rings. The third kappa shape index (κ3) is 1.84. The van der Waals surface area contributed by atoms with E-state index < -0.39 is 18.1 Å². The van der Waals surface area contributed by atoms with Gasteiger partial charge in [-0.1, -0.05) is 0 Å². The number of halogens is 1. The highest BCUT2D eigenvalue weighted by atomic mass is 19.1. The Bertz CT molecular complexity index is 264. The average Bonchev–Trinajstić information content (AvgIpc) is 2.32. The fourth-order valence-electron chi connectivity index (χ4n) is 0.946. The third-order valence-corrected chi connectivity index (χ3v) is 1.52. The van der Waals surface area contributed by atoms with Crippen LogP contribution in [0.25, 0.3) is 0 Å². The first kappa shape index (κ1) is 8.77. The lowest BCUT2D eigenvalue weighted by molar-refractivity contribution is -0.140. The lowest BCUT2D eigenvalue weighted by Gasteiger charge is -2.14. The Balaban J connectivity index is 2.79. The van der Waals surface area contributed by atoms with E-state index in [1.165, 1.54) is 25.3 Å². The molecule has 0 aromatic carbocycles. The van der Waals surface area contributed by atoms with Crippen LogP contribution in [0.1, 0.15) is 19.1 Å². The van der Waals surface area contributed by atoms with Crippen molar-refractivity contribution >= 4 is 5.97 Å². The highest BCUT2D eigenvalue weighted by molar-refractivity contribution is 5.68. The predicted molar refractivity (Wildman–Crippen MR) is 39.4 cm³/mol. The number of aliphatic carboxylic acids is 1. The number of carboxylic acids is 1. The zero-order chi connectivity index (χ0) is 9.19. The second-order valence-electron chi connectivity index (χ2n) is 2.75. The van der Waals surface area contributed by atoms with Crippen LogP contribution in [-0.2, 0) is 10.5 Å². The fraction of sp³-hybridized carbons (Fsp3) is 0.375. The van der Waals surface area contributed by atoms with Crippen LogP contribution < -0.4 is 0 Å². The summed E-state index contributed by atoms with van der Waals surface area (Å²) >= 11 is 0. The van der Waals surface area contributed by atoms with Gasteiger partial charge in [-0.3, -0.25) is 4.79 Å². The quantitative estimate of drug-likeness (QED) is 0.757. The topological polar surface area (TPSA) is 50.4 Å². The van der Waals surface area contributed by atoms with Crippen molar-refractivity contribution in [3.8, 4) is 0 Å². The van der Waals surface area contributed by atoms with Gasteiger partial charge in [0.25, 0.3) is 0 Å². The van der Waals surface area contributed by atoms with Crippen LogP contribution in [0.2, 0.25) is 0 Å². The minimum Gasteiger partial charge on any atom is -0.481 e. The molecule has 0 amide bonds. The molecule has 1 N–H and O–H groups in total. The van der Waals surface area contributed by atoms with E-state index in [2.05, 4.69) is 0 Å². The van der Waals surface area contributed by atoms with Crippen LogP contribution in [0.15, 0.2) is 22.8 Å². The minimum absolute atomic E-state index is 0.0462. The summed E-state index contributed by atoms with van der Waals surface area (Å²) in [5.74, 6) is -1.14. The van der Waals surface area contributed by atoms with Crippen LogP contribution in [0.3, 0.4) is 0 Å². The van der Waals surface area contributed by atoms with E-state index in [0.717, 1.165) is 0 Å². The summed E-state index contributed by atoms with van der Waals surface area (Å²) < 4.78 is 18.2. The van der Waals surface area contributed by atoms with Crippen molar-refractivity contribution in [3.05, 3.63) is 24.2 Å². The summed E-state index contributed by atoms with van der Waals surface area (Å²) in [5, 5.41) is 8.37. The van der Waals surface area contributed by atoms with Gasteiger partial charge in [-0.2, -0.15) is 0 Å². The van der Waals surface area contributed by atoms with Crippen LogP contribution >= 0.6 is 0 Å². The summed E-state index contributed by atoms with van der Waals surface area (Å²) in [6.07, 6.45) is 0.732. The van der Waals surface area contributed by atoms with E-state index in [4.69, 9.17) is 9.52 Å². The molecule has 0 fully saturated rings. The molecule has 1 heterocycles. The van der Waals surface area contributed by atoms with Crippen LogP contribution in [0.4, 0.5) is 4.39 Å². The Morgan fingerprint density at radius 2 is 2.50 bits per heavy atom. The van der Waals surface area contributed by atoms with E-state index in [1.54, 1.807) is 0 Å². The Kier molecular flexibility index (Phi) is 2.17. The van der Waals surface area contributed by atoms with Crippen LogP contribution in [0, 0.1) is 0 Å². The minimum atomic E-state index is -1.92. The first-order chi connectivity index (χ1) is 5.52. The molecule has 0 aliphatic carbocycles. The maximum absolute atomic E-state index is 13.4. The summed E-state index contributed by atoms with van der Waals surface area (Å²) in [4.78, 5) is 10.2. The third-order valence-electron chi connectivity index (χ3n) is 1.52. The summed E-state index contributed by atoms with van der Waals surface area (Å²) in [5.41, 5.74) is -1.92. The molecule has 1 unspecified atom stereocenters. The first-order valence-corrected chi connectivity index (χ1v) is 3.47. The van der Waals surface area contributed by atoms with E-state index in [1.807, 2.05) is 0 Å². The number of hydrogen-bond acceptors (Lipinski definition) is 2. The number of carbonyl (C=O) groups is 1. The monoisotopic (exact) mass is 172 g/mol. The predicted octanol–water partition coefficient (Wildman–Crippen LogP) is 1.94. The SMILES string of the molecule is CC(F)(CC(=O)O)c1ccco1. The van der Waals surface area contributed by atoms with E-state index in [-0.39, 0.29) is 5.76 Å². The van der Waals surface area contributed by atoms with Crippen molar-refractivity contribution in [3.63, 3.8) is 0 Å². The molecule has 0 spiro atoms. The van der Waals surface area contributed by atoms with Crippen molar-refractivity contribution < 1.29 is 18.7 Å². The van der Waals surface area contributed by atoms with Crippen molar-refractivity contribution in [2.24, 2.45) is 0 Å². The van der Waals surface area contributed by atoms with Gasteiger partial charge in [0.15, 0.2) is 5.67 Å². The molecule has 66 valence electrons. The largest absolute Gasteiger partial charge is 0.481 e. The second-order valence-corrected chi connectivity index (χ2v) is 2.75. The van der Waals surface area contributed by atoms with Gasteiger partial charge in [0.05, 0.1) is 12.7 Å². The van der Waals surface area contributed by atoms with E-state index in [9.17, 15) is 9.18 Å². The summed E-state index contributed by atoms with van der Waals surface area (Å²) in [6, 6.07) is 2.94. The number of furan rings is 1. The highest BCUT2D eigenvalue weighted by Gasteiger charge is 2.31. The Hall–Kier alpha value is -1.32. The van der Waals surface area contributed by atoms with E-state index >= 15 is 0 Å². The maximum Gasteiger partial charge on any atom is 0.307 e. The molecule has 1 aromatic rings. The molecule has 0 saturated heterocycles. The molecule has 0 aliphatic heterocycles. The smallest absolute Gasteiger partial charge is 0.307 e. The Morgan fingerprint density at radius 1 is 1.83 bits per heavy atom. The van der Waals surface area contributed by atoms with Gasteiger partial charge in [-0.25, -0.2) is 4.39 Å². The zero-order valence-corrected chi connectivity index (χ0v) is 6.58. The lowest BCUT2D eigenvalue weighted by Crippen LogP contribution is -2.19. The van der Waals surface area contributed by atoms with Gasteiger partial charge in [-0.15, -0.1) is 0 Å². The van der Waals surface area contributed by atoms with E-state index in [0.29, 0.717) is 0 Å². The Morgan fingerprint density at radius 3 is 2.92 bits per heavy atom. The van der Waals surface area contributed by atoms with Crippen LogP contribution in [0.5, 0.6) is 0 Å². The molecule has 1 rings (SSSR count). The number of hydrogen-bond donors (Lipinski definition) is 1. The van der Waals surface area contributed by atoms with Crippen molar-refractivity contribution in [2.75, 3.05) is 0 Å². The van der Waals surface area contributed by atoms with Crippen molar-refractivity contribution in [1.29, 1.82) is 0 Å². The molecule has 3 nitrogen and oxygen atoms in total. The maximum atomic E-state index is 13.4. The standard InChI is InChI=1S/C8H9FO3/c1-8(9,5-7(10)11)6-3-2-4-12-6/h2-4H,5H2,1H3,(H,10,11). The van der Waals surface area contributed by atoms with Gasteiger partial charge in [0, 0.05) is 0 Å². The zero-order valence-electron chi connectivity index (χ0n) is 6.58. The fourth-order valence-corrected chi connectivity index (χ4v) is 0.946. The van der Waals surface area contributed by atoms with Gasteiger partial charge < -0.3 is 9.52 Å². The summed E-state index contributed by atoms with van der Waals surface area (Å²) in [7, 11) is 0. The number of alkyl halides is 1. The van der Waals surface area contributed by atoms with Crippen molar-refractivity contribution in [1.82, 2.24) is 0 Å². The number of carboxylic acid groups (broad SMARTS) is 1. The number of rotatable bonds is 3. The normalized spacial score (nSPS) is 15.5. The summed E-state index contributed by atoms with van der Waals surface area (Å²) in [6.45, 7) is 1.18. The van der Waals surface area contributed by atoms with Gasteiger partial charge in [-0.05, 0) is 19.1 Å². The molecular formula is C8H9FO3. The molecule has 0 bridgehead atoms. The average molecular weight is 172 g/mol. The molecule has 1 atom stereocenters. The second kappa shape index (κ2) is 2.97. The van der Waals surface area contributed by atoms with Gasteiger partial charge in [0.1, 0.15) is 5.76 Å². The highest BCUT2D eigenvalue weighted by Crippen LogP contribution is 2.29. The van der Waals surface area contributed by atoms with Gasteiger partial charge >= 0.3 is 5.97 Å². The lowest BCUT2D eigenvalue weighted by atomic mass is 10.0. The van der Waals surface area contributed by atoms with Crippen LogP contribution in [-0.4, -0.2) is 11.1 Å². The van der Waals surface area contributed by atoms with Gasteiger partial charge in [0.2, 0.25) is 0 Å². The molecule has 0 saturated carbocycles. The molecule has 0 radical (unpaired) electrons. The molecule has 12 heavy (non-hydrogen) atoms. The Labute approximate surface area is 68.8 Å². The molecule has 4 heteroatoms. The molecule has 1 aromatic heterocycles. The van der Waals surface area contributed by atoms with Crippen molar-refractivity contribution in [2.45, 2.75) is 19.0 Å².